The molecule has 0 radical (unpaired) electrons. The number of nitrogens with two attached hydrogens (primary N) is 1. The predicted molar refractivity (Wildman–Crippen MR) is 67.5 cm³/mol. The molecule has 4 nitrogen and oxygen atoms in total. The van der Waals surface area contributed by atoms with Crippen molar-refractivity contribution in [2.75, 3.05) is 0 Å². The standard InChI is InChI=1S/C13H25NO3/c1-2-3-4-5-6-7-8-9-10-11-12(15)17-13(14)16/h2-11H2,1H3,(H2,14,16). The molecule has 0 unspecified atom stereocenters. The molecule has 0 aliphatic carbocycles. The third-order valence-electron chi connectivity index (χ3n) is 2.70. The van der Waals surface area contributed by atoms with Crippen molar-refractivity contribution in [3.05, 3.63) is 0 Å². The van der Waals surface area contributed by atoms with Gasteiger partial charge in [0.25, 0.3) is 0 Å². The number of primary amides is 1. The van der Waals surface area contributed by atoms with Gasteiger partial charge in [-0.2, -0.15) is 0 Å². The van der Waals surface area contributed by atoms with Gasteiger partial charge in [-0.15, -0.1) is 0 Å². The summed E-state index contributed by atoms with van der Waals surface area (Å²) in [5.41, 5.74) is 4.72. The molecule has 0 atom stereocenters. The maximum Gasteiger partial charge on any atom is 0.412 e. The molecule has 1 amide bonds. The third kappa shape index (κ3) is 12.9. The Morgan fingerprint density at radius 2 is 1.35 bits per heavy atom. The highest BCUT2D eigenvalue weighted by atomic mass is 16.6. The van der Waals surface area contributed by atoms with Crippen molar-refractivity contribution in [3.8, 4) is 0 Å². The first-order valence-electron chi connectivity index (χ1n) is 6.67. The lowest BCUT2D eigenvalue weighted by molar-refractivity contribution is -0.137. The number of carbonyl (C=O) groups is 2. The van der Waals surface area contributed by atoms with Crippen molar-refractivity contribution in [2.24, 2.45) is 5.73 Å². The topological polar surface area (TPSA) is 69.4 Å². The molecule has 0 aromatic heterocycles. The number of ether oxygens (including phenoxy) is 1. The second-order valence-electron chi connectivity index (χ2n) is 4.37. The van der Waals surface area contributed by atoms with Crippen LogP contribution in [-0.4, -0.2) is 12.1 Å². The predicted octanol–water partition coefficient (Wildman–Crippen LogP) is 3.53. The van der Waals surface area contributed by atoms with Crippen molar-refractivity contribution in [1.29, 1.82) is 0 Å². The second kappa shape index (κ2) is 11.4. The molecule has 0 heterocycles. The lowest BCUT2D eigenvalue weighted by Crippen LogP contribution is -2.18. The Labute approximate surface area is 104 Å². The van der Waals surface area contributed by atoms with Crippen LogP contribution in [0.5, 0.6) is 0 Å². The van der Waals surface area contributed by atoms with E-state index in [1.54, 1.807) is 0 Å². The fraction of sp³-hybridized carbons (Fsp3) is 0.846. The fourth-order valence-corrected chi connectivity index (χ4v) is 1.74. The van der Waals surface area contributed by atoms with E-state index < -0.39 is 12.1 Å². The number of hydrogen-bond acceptors (Lipinski definition) is 3. The van der Waals surface area contributed by atoms with Gasteiger partial charge in [0.15, 0.2) is 0 Å². The molecule has 17 heavy (non-hydrogen) atoms. The zero-order valence-corrected chi connectivity index (χ0v) is 10.9. The van der Waals surface area contributed by atoms with Crippen LogP contribution in [0.4, 0.5) is 4.79 Å². The van der Waals surface area contributed by atoms with Crippen LogP contribution in [-0.2, 0) is 9.53 Å². The van der Waals surface area contributed by atoms with Gasteiger partial charge < -0.3 is 10.5 Å². The largest absolute Gasteiger partial charge is 0.412 e. The number of hydrogen-bond donors (Lipinski definition) is 1. The van der Waals surface area contributed by atoms with Gasteiger partial charge in [0.2, 0.25) is 0 Å². The summed E-state index contributed by atoms with van der Waals surface area (Å²) in [7, 11) is 0. The molecule has 0 fully saturated rings. The lowest BCUT2D eigenvalue weighted by atomic mass is 10.1. The van der Waals surface area contributed by atoms with Crippen molar-refractivity contribution in [2.45, 2.75) is 71.1 Å². The molecule has 0 aliphatic rings. The second-order valence-corrected chi connectivity index (χ2v) is 4.37. The third-order valence-corrected chi connectivity index (χ3v) is 2.70. The lowest BCUT2D eigenvalue weighted by Gasteiger charge is -2.01. The zero-order chi connectivity index (χ0) is 12.9. The Balaban J connectivity index is 3.13. The van der Waals surface area contributed by atoms with E-state index in [1.807, 2.05) is 0 Å². The van der Waals surface area contributed by atoms with Gasteiger partial charge >= 0.3 is 12.1 Å². The van der Waals surface area contributed by atoms with Crippen molar-refractivity contribution >= 4 is 12.1 Å². The average molecular weight is 243 g/mol. The van der Waals surface area contributed by atoms with Crippen LogP contribution in [0.2, 0.25) is 0 Å². The summed E-state index contributed by atoms with van der Waals surface area (Å²) < 4.78 is 4.22. The first-order chi connectivity index (χ1) is 8.16. The number of carbonyl (C=O) groups excluding carboxylic acids is 2. The highest BCUT2D eigenvalue weighted by molar-refractivity contribution is 5.83. The monoisotopic (exact) mass is 243 g/mol. The van der Waals surface area contributed by atoms with E-state index in [9.17, 15) is 9.59 Å². The fourth-order valence-electron chi connectivity index (χ4n) is 1.74. The number of esters is 1. The summed E-state index contributed by atoms with van der Waals surface area (Å²) in [4.78, 5) is 21.2. The van der Waals surface area contributed by atoms with E-state index in [0.717, 1.165) is 19.3 Å². The Bertz CT molecular complexity index is 217. The van der Waals surface area contributed by atoms with E-state index in [0.29, 0.717) is 6.42 Å². The molecule has 0 aromatic carbocycles. The van der Waals surface area contributed by atoms with Crippen LogP contribution in [0.15, 0.2) is 0 Å². The molecule has 100 valence electrons. The average Bonchev–Trinajstić information content (AvgIpc) is 2.26. The zero-order valence-electron chi connectivity index (χ0n) is 10.9. The summed E-state index contributed by atoms with van der Waals surface area (Å²) in [5.74, 6) is -0.513. The summed E-state index contributed by atoms with van der Waals surface area (Å²) in [5, 5.41) is 0. The molecule has 0 bridgehead atoms. The van der Waals surface area contributed by atoms with E-state index in [2.05, 4.69) is 11.7 Å². The highest BCUT2D eigenvalue weighted by Crippen LogP contribution is 2.10. The van der Waals surface area contributed by atoms with Crippen LogP contribution in [0.25, 0.3) is 0 Å². The minimum atomic E-state index is -1.01. The molecule has 0 rings (SSSR count). The summed E-state index contributed by atoms with van der Waals surface area (Å²) in [6.45, 7) is 2.21. The Morgan fingerprint density at radius 3 is 1.82 bits per heavy atom. The smallest absolute Gasteiger partial charge is 0.376 e. The quantitative estimate of drug-likeness (QED) is 0.362. The minimum absolute atomic E-state index is 0.290. The number of unbranched alkanes of at least 4 members (excludes halogenated alkanes) is 8. The molecular weight excluding hydrogens is 218 g/mol. The van der Waals surface area contributed by atoms with Gasteiger partial charge in [-0.3, -0.25) is 4.79 Å². The van der Waals surface area contributed by atoms with Crippen molar-refractivity contribution in [3.63, 3.8) is 0 Å². The van der Waals surface area contributed by atoms with Gasteiger partial charge in [-0.05, 0) is 6.42 Å². The summed E-state index contributed by atoms with van der Waals surface area (Å²) in [6.07, 6.45) is 10.0. The van der Waals surface area contributed by atoms with Crippen LogP contribution in [0.3, 0.4) is 0 Å². The molecule has 4 heteroatoms. The molecule has 0 spiro atoms. The minimum Gasteiger partial charge on any atom is -0.376 e. The summed E-state index contributed by atoms with van der Waals surface area (Å²) >= 11 is 0. The normalized spacial score (nSPS) is 10.2. The van der Waals surface area contributed by atoms with Crippen LogP contribution < -0.4 is 5.73 Å². The van der Waals surface area contributed by atoms with E-state index >= 15 is 0 Å². The maximum absolute atomic E-state index is 10.9. The first kappa shape index (κ1) is 15.9. The van der Waals surface area contributed by atoms with E-state index in [-0.39, 0.29) is 0 Å². The van der Waals surface area contributed by atoms with Crippen LogP contribution in [0.1, 0.15) is 71.1 Å². The number of amides is 1. The highest BCUT2D eigenvalue weighted by Gasteiger charge is 2.05. The van der Waals surface area contributed by atoms with Crippen molar-refractivity contribution in [1.82, 2.24) is 0 Å². The Morgan fingerprint density at radius 1 is 0.882 bits per heavy atom. The first-order valence-corrected chi connectivity index (χ1v) is 6.67. The van der Waals surface area contributed by atoms with Gasteiger partial charge in [0, 0.05) is 6.42 Å². The maximum atomic E-state index is 10.9. The van der Waals surface area contributed by atoms with Gasteiger partial charge in [0.1, 0.15) is 0 Å². The Hall–Kier alpha value is -1.06. The molecule has 0 saturated carbocycles. The SMILES string of the molecule is CCCCCCCCCCCC(=O)OC(N)=O. The molecule has 2 N–H and O–H groups in total. The van der Waals surface area contributed by atoms with Gasteiger partial charge in [-0.25, -0.2) is 4.79 Å². The molecular formula is C13H25NO3. The van der Waals surface area contributed by atoms with Crippen molar-refractivity contribution < 1.29 is 14.3 Å². The summed E-state index contributed by atoms with van der Waals surface area (Å²) in [6, 6.07) is 0. The molecule has 0 aromatic rings. The van der Waals surface area contributed by atoms with Gasteiger partial charge in [0.05, 0.1) is 0 Å². The molecule has 0 aliphatic heterocycles. The Kier molecular flexibility index (Phi) is 10.7. The van der Waals surface area contributed by atoms with Crippen LogP contribution in [0, 0.1) is 0 Å². The van der Waals surface area contributed by atoms with Crippen LogP contribution >= 0.6 is 0 Å². The molecule has 0 saturated heterocycles. The van der Waals surface area contributed by atoms with E-state index in [4.69, 9.17) is 5.73 Å². The number of rotatable bonds is 10. The van der Waals surface area contributed by atoms with E-state index in [1.165, 1.54) is 38.5 Å². The van der Waals surface area contributed by atoms with Gasteiger partial charge in [-0.1, -0.05) is 58.3 Å².